The van der Waals surface area contributed by atoms with Gasteiger partial charge in [0.15, 0.2) is 5.82 Å². The molecule has 0 aliphatic rings. The third-order valence-corrected chi connectivity index (χ3v) is 2.91. The Bertz CT molecular complexity index is 509. The van der Waals surface area contributed by atoms with Crippen molar-refractivity contribution in [3.8, 4) is 0 Å². The SMILES string of the molecule is CCn1cc(C)c(NCc2cnn(C(C)C)c2)n1. The molecule has 0 atom stereocenters. The van der Waals surface area contributed by atoms with Crippen molar-refractivity contribution in [2.45, 2.75) is 46.8 Å². The minimum absolute atomic E-state index is 0.403. The van der Waals surface area contributed by atoms with E-state index in [2.05, 4.69) is 55.6 Å². The molecule has 0 saturated carbocycles. The van der Waals surface area contributed by atoms with Gasteiger partial charge in [-0.1, -0.05) is 0 Å². The van der Waals surface area contributed by atoms with Crippen molar-refractivity contribution in [3.63, 3.8) is 0 Å². The van der Waals surface area contributed by atoms with Crippen LogP contribution in [-0.2, 0) is 13.1 Å². The summed E-state index contributed by atoms with van der Waals surface area (Å²) in [5.41, 5.74) is 2.35. The molecule has 5 nitrogen and oxygen atoms in total. The Labute approximate surface area is 108 Å². The lowest BCUT2D eigenvalue weighted by atomic mass is 10.3. The molecule has 0 fully saturated rings. The van der Waals surface area contributed by atoms with Crippen LogP contribution in [0.3, 0.4) is 0 Å². The first-order chi connectivity index (χ1) is 8.60. The topological polar surface area (TPSA) is 47.7 Å². The molecule has 0 saturated heterocycles. The first kappa shape index (κ1) is 12.7. The lowest BCUT2D eigenvalue weighted by molar-refractivity contribution is 0.532. The Kier molecular flexibility index (Phi) is 3.69. The van der Waals surface area contributed by atoms with Crippen LogP contribution in [0.5, 0.6) is 0 Å². The van der Waals surface area contributed by atoms with Gasteiger partial charge < -0.3 is 5.32 Å². The number of hydrogen-bond acceptors (Lipinski definition) is 3. The summed E-state index contributed by atoms with van der Waals surface area (Å²) in [4.78, 5) is 0. The largest absolute Gasteiger partial charge is 0.364 e. The van der Waals surface area contributed by atoms with E-state index in [9.17, 15) is 0 Å². The quantitative estimate of drug-likeness (QED) is 0.883. The van der Waals surface area contributed by atoms with Gasteiger partial charge in [0.2, 0.25) is 0 Å². The average molecular weight is 247 g/mol. The number of aryl methyl sites for hydroxylation is 2. The molecule has 0 aromatic carbocycles. The molecule has 0 radical (unpaired) electrons. The summed E-state index contributed by atoms with van der Waals surface area (Å²) in [5.74, 6) is 0.953. The van der Waals surface area contributed by atoms with Gasteiger partial charge in [0.25, 0.3) is 0 Å². The molecule has 0 bridgehead atoms. The molecule has 0 aliphatic carbocycles. The molecule has 0 aliphatic heterocycles. The highest BCUT2D eigenvalue weighted by Crippen LogP contribution is 2.13. The molecule has 5 heteroatoms. The zero-order chi connectivity index (χ0) is 13.1. The third-order valence-electron chi connectivity index (χ3n) is 2.91. The molecular formula is C13H21N5. The summed E-state index contributed by atoms with van der Waals surface area (Å²) in [7, 11) is 0. The molecule has 0 unspecified atom stereocenters. The summed E-state index contributed by atoms with van der Waals surface area (Å²) >= 11 is 0. The van der Waals surface area contributed by atoms with Gasteiger partial charge in [0.1, 0.15) is 0 Å². The van der Waals surface area contributed by atoms with Crippen LogP contribution >= 0.6 is 0 Å². The van der Waals surface area contributed by atoms with E-state index in [1.807, 2.05) is 15.6 Å². The van der Waals surface area contributed by atoms with Crippen molar-refractivity contribution in [2.24, 2.45) is 0 Å². The lowest BCUT2D eigenvalue weighted by Crippen LogP contribution is -2.02. The Balaban J connectivity index is 1.99. The summed E-state index contributed by atoms with van der Waals surface area (Å²) in [5, 5.41) is 12.1. The van der Waals surface area contributed by atoms with Gasteiger partial charge in [0, 0.05) is 42.7 Å². The van der Waals surface area contributed by atoms with Crippen molar-refractivity contribution in [1.82, 2.24) is 19.6 Å². The van der Waals surface area contributed by atoms with Crippen LogP contribution in [0.2, 0.25) is 0 Å². The fourth-order valence-corrected chi connectivity index (χ4v) is 1.79. The standard InChI is InChI=1S/C13H21N5/c1-5-17-8-11(4)13(16-17)14-6-12-7-15-18(9-12)10(2)3/h7-10H,5-6H2,1-4H3,(H,14,16). The maximum Gasteiger partial charge on any atom is 0.151 e. The minimum atomic E-state index is 0.403. The van der Waals surface area contributed by atoms with Crippen LogP contribution in [-0.4, -0.2) is 19.6 Å². The van der Waals surface area contributed by atoms with Gasteiger partial charge >= 0.3 is 0 Å². The van der Waals surface area contributed by atoms with Gasteiger partial charge in [-0.25, -0.2) is 0 Å². The maximum atomic E-state index is 4.46. The Morgan fingerprint density at radius 3 is 2.67 bits per heavy atom. The van der Waals surface area contributed by atoms with E-state index in [4.69, 9.17) is 0 Å². The normalized spacial score (nSPS) is 11.2. The molecule has 0 amide bonds. The summed E-state index contributed by atoms with van der Waals surface area (Å²) in [6.07, 6.45) is 6.03. The van der Waals surface area contributed by atoms with Crippen molar-refractivity contribution >= 4 is 5.82 Å². The summed E-state index contributed by atoms with van der Waals surface area (Å²) < 4.78 is 3.91. The van der Waals surface area contributed by atoms with Gasteiger partial charge in [-0.15, -0.1) is 0 Å². The smallest absolute Gasteiger partial charge is 0.151 e. The van der Waals surface area contributed by atoms with Crippen LogP contribution in [0.4, 0.5) is 5.82 Å². The summed E-state index contributed by atoms with van der Waals surface area (Å²) in [6, 6.07) is 0.403. The second kappa shape index (κ2) is 5.25. The van der Waals surface area contributed by atoms with Crippen LogP contribution in [0, 0.1) is 6.92 Å². The van der Waals surface area contributed by atoms with Crippen molar-refractivity contribution in [1.29, 1.82) is 0 Å². The van der Waals surface area contributed by atoms with Gasteiger partial charge in [-0.3, -0.25) is 9.36 Å². The Morgan fingerprint density at radius 1 is 1.33 bits per heavy atom. The van der Waals surface area contributed by atoms with E-state index in [-0.39, 0.29) is 0 Å². The maximum absolute atomic E-state index is 4.46. The van der Waals surface area contributed by atoms with E-state index < -0.39 is 0 Å². The van der Waals surface area contributed by atoms with E-state index in [0.29, 0.717) is 6.04 Å². The van der Waals surface area contributed by atoms with Gasteiger partial charge in [-0.05, 0) is 27.7 Å². The van der Waals surface area contributed by atoms with Crippen molar-refractivity contribution in [3.05, 3.63) is 29.7 Å². The molecule has 2 aromatic rings. The number of nitrogens with one attached hydrogen (secondary N) is 1. The van der Waals surface area contributed by atoms with Crippen molar-refractivity contribution < 1.29 is 0 Å². The highest BCUT2D eigenvalue weighted by Gasteiger charge is 2.05. The second-order valence-corrected chi connectivity index (χ2v) is 4.79. The highest BCUT2D eigenvalue weighted by atomic mass is 15.3. The fourth-order valence-electron chi connectivity index (χ4n) is 1.79. The highest BCUT2D eigenvalue weighted by molar-refractivity contribution is 5.42. The van der Waals surface area contributed by atoms with Crippen LogP contribution in [0.25, 0.3) is 0 Å². The Hall–Kier alpha value is -1.78. The number of aromatic nitrogens is 4. The third kappa shape index (κ3) is 2.72. The summed E-state index contributed by atoms with van der Waals surface area (Å²) in [6.45, 7) is 10.1. The number of rotatable bonds is 5. The monoisotopic (exact) mass is 247 g/mol. The Morgan fingerprint density at radius 2 is 2.11 bits per heavy atom. The lowest BCUT2D eigenvalue weighted by Gasteiger charge is -2.04. The molecular weight excluding hydrogens is 226 g/mol. The van der Waals surface area contributed by atoms with E-state index in [0.717, 1.165) is 18.9 Å². The fraction of sp³-hybridized carbons (Fsp3) is 0.538. The van der Waals surface area contributed by atoms with Crippen molar-refractivity contribution in [2.75, 3.05) is 5.32 Å². The number of nitrogens with zero attached hydrogens (tertiary/aromatic N) is 4. The second-order valence-electron chi connectivity index (χ2n) is 4.79. The van der Waals surface area contributed by atoms with Crippen LogP contribution in [0.1, 0.15) is 37.9 Å². The van der Waals surface area contributed by atoms with Gasteiger partial charge in [0.05, 0.1) is 6.20 Å². The molecule has 98 valence electrons. The number of anilines is 1. The van der Waals surface area contributed by atoms with E-state index in [1.54, 1.807) is 0 Å². The van der Waals surface area contributed by atoms with E-state index in [1.165, 1.54) is 11.1 Å². The predicted octanol–water partition coefficient (Wildman–Crippen LogP) is 2.60. The predicted molar refractivity (Wildman–Crippen MR) is 72.6 cm³/mol. The van der Waals surface area contributed by atoms with E-state index >= 15 is 0 Å². The molecule has 2 rings (SSSR count). The molecule has 0 spiro atoms. The first-order valence-electron chi connectivity index (χ1n) is 6.41. The molecule has 2 heterocycles. The molecule has 1 N–H and O–H groups in total. The first-order valence-corrected chi connectivity index (χ1v) is 6.41. The van der Waals surface area contributed by atoms with Crippen LogP contribution < -0.4 is 5.32 Å². The zero-order valence-corrected chi connectivity index (χ0v) is 11.5. The van der Waals surface area contributed by atoms with Gasteiger partial charge in [-0.2, -0.15) is 10.2 Å². The van der Waals surface area contributed by atoms with Crippen LogP contribution in [0.15, 0.2) is 18.6 Å². The minimum Gasteiger partial charge on any atom is -0.364 e. The molecule has 18 heavy (non-hydrogen) atoms. The number of hydrogen-bond donors (Lipinski definition) is 1. The molecule has 2 aromatic heterocycles. The zero-order valence-electron chi connectivity index (χ0n) is 11.5. The average Bonchev–Trinajstić information content (AvgIpc) is 2.93.